The second-order valence-electron chi connectivity index (χ2n) is 3.64. The highest BCUT2D eigenvalue weighted by atomic mass is 16.6. The topological polar surface area (TPSA) is 63.4 Å². The van der Waals surface area contributed by atoms with E-state index >= 15 is 0 Å². The van der Waals surface area contributed by atoms with E-state index in [2.05, 4.69) is 0 Å². The summed E-state index contributed by atoms with van der Waals surface area (Å²) < 4.78 is 0. The molecule has 1 aromatic rings. The van der Waals surface area contributed by atoms with Gasteiger partial charge in [0.05, 0.1) is 11.0 Å². The molecule has 1 fully saturated rings. The molecule has 4 nitrogen and oxygen atoms in total. The standard InChI is InChI=1S/C10H11NO3/c12-8-5-7(6-8)9-3-1-2-4-10(9)11(13)14/h1-4,7-8,12H,5-6H2. The molecule has 14 heavy (non-hydrogen) atoms. The summed E-state index contributed by atoms with van der Waals surface area (Å²) in [6.07, 6.45) is 1.01. The zero-order valence-corrected chi connectivity index (χ0v) is 7.59. The monoisotopic (exact) mass is 193 g/mol. The smallest absolute Gasteiger partial charge is 0.272 e. The predicted molar refractivity (Wildman–Crippen MR) is 51.1 cm³/mol. The largest absolute Gasteiger partial charge is 0.393 e. The minimum atomic E-state index is -0.361. The molecule has 1 aliphatic rings. The summed E-state index contributed by atoms with van der Waals surface area (Å²) in [5.41, 5.74) is 0.923. The Bertz CT molecular complexity index is 358. The Morgan fingerprint density at radius 1 is 1.36 bits per heavy atom. The van der Waals surface area contributed by atoms with Crippen LogP contribution in [0.2, 0.25) is 0 Å². The van der Waals surface area contributed by atoms with Crippen LogP contribution in [0.4, 0.5) is 5.69 Å². The maximum absolute atomic E-state index is 10.7. The van der Waals surface area contributed by atoms with E-state index in [4.69, 9.17) is 5.11 Å². The number of rotatable bonds is 2. The molecule has 0 radical (unpaired) electrons. The minimum absolute atomic E-state index is 0.159. The molecule has 0 aliphatic heterocycles. The number of nitro groups is 1. The van der Waals surface area contributed by atoms with Crippen LogP contribution in [-0.4, -0.2) is 16.1 Å². The number of nitrogens with zero attached hydrogens (tertiary/aromatic N) is 1. The number of hydrogen-bond acceptors (Lipinski definition) is 3. The zero-order valence-electron chi connectivity index (χ0n) is 7.59. The van der Waals surface area contributed by atoms with Gasteiger partial charge in [0, 0.05) is 11.6 Å². The summed E-state index contributed by atoms with van der Waals surface area (Å²) in [6, 6.07) is 6.75. The van der Waals surface area contributed by atoms with Gasteiger partial charge in [0.15, 0.2) is 0 Å². The lowest BCUT2D eigenvalue weighted by Crippen LogP contribution is -2.26. The molecule has 1 saturated carbocycles. The number of aliphatic hydroxyl groups excluding tert-OH is 1. The maximum Gasteiger partial charge on any atom is 0.272 e. The molecule has 0 saturated heterocycles. The molecule has 0 heterocycles. The highest BCUT2D eigenvalue weighted by Gasteiger charge is 2.32. The molecule has 1 aromatic carbocycles. The van der Waals surface area contributed by atoms with Crippen molar-refractivity contribution in [1.29, 1.82) is 0 Å². The lowest BCUT2D eigenvalue weighted by Gasteiger charge is -2.31. The maximum atomic E-state index is 10.7. The van der Waals surface area contributed by atoms with Gasteiger partial charge in [-0.05, 0) is 18.8 Å². The van der Waals surface area contributed by atoms with Gasteiger partial charge in [0.1, 0.15) is 0 Å². The second-order valence-corrected chi connectivity index (χ2v) is 3.64. The van der Waals surface area contributed by atoms with Crippen LogP contribution in [0.3, 0.4) is 0 Å². The van der Waals surface area contributed by atoms with Crippen LogP contribution in [0.25, 0.3) is 0 Å². The Kier molecular flexibility index (Phi) is 2.21. The third-order valence-corrected chi connectivity index (χ3v) is 2.69. The van der Waals surface area contributed by atoms with Gasteiger partial charge in [-0.15, -0.1) is 0 Å². The summed E-state index contributed by atoms with van der Waals surface area (Å²) >= 11 is 0. The number of hydrogen-bond donors (Lipinski definition) is 1. The van der Waals surface area contributed by atoms with Crippen LogP contribution >= 0.6 is 0 Å². The summed E-state index contributed by atoms with van der Waals surface area (Å²) in [7, 11) is 0. The van der Waals surface area contributed by atoms with Gasteiger partial charge >= 0.3 is 0 Å². The van der Waals surface area contributed by atoms with Gasteiger partial charge in [-0.3, -0.25) is 10.1 Å². The van der Waals surface area contributed by atoms with Gasteiger partial charge in [0.25, 0.3) is 5.69 Å². The van der Waals surface area contributed by atoms with Gasteiger partial charge < -0.3 is 5.11 Å². The molecule has 0 unspecified atom stereocenters. The van der Waals surface area contributed by atoms with Crippen molar-refractivity contribution in [2.24, 2.45) is 0 Å². The second kappa shape index (κ2) is 3.38. The van der Waals surface area contributed by atoms with E-state index in [0.29, 0.717) is 12.8 Å². The van der Waals surface area contributed by atoms with Crippen LogP contribution in [0.15, 0.2) is 24.3 Å². The third kappa shape index (κ3) is 1.48. The van der Waals surface area contributed by atoms with E-state index in [1.807, 2.05) is 0 Å². The van der Waals surface area contributed by atoms with E-state index in [9.17, 15) is 10.1 Å². The lowest BCUT2D eigenvalue weighted by molar-refractivity contribution is -0.385. The molecule has 74 valence electrons. The predicted octanol–water partition coefficient (Wildman–Crippen LogP) is 1.83. The van der Waals surface area contributed by atoms with Crippen molar-refractivity contribution >= 4 is 5.69 Å². The quantitative estimate of drug-likeness (QED) is 0.575. The van der Waals surface area contributed by atoms with E-state index < -0.39 is 0 Å². The first kappa shape index (κ1) is 9.15. The Balaban J connectivity index is 2.28. The average Bonchev–Trinajstić information content (AvgIpc) is 2.13. The zero-order chi connectivity index (χ0) is 10.1. The van der Waals surface area contributed by atoms with Crippen LogP contribution in [-0.2, 0) is 0 Å². The first-order valence-electron chi connectivity index (χ1n) is 4.60. The van der Waals surface area contributed by atoms with Gasteiger partial charge in [-0.1, -0.05) is 18.2 Å². The average molecular weight is 193 g/mol. The van der Waals surface area contributed by atoms with E-state index in [1.165, 1.54) is 6.07 Å². The van der Waals surface area contributed by atoms with Crippen molar-refractivity contribution < 1.29 is 10.0 Å². The molecule has 0 bridgehead atoms. The van der Waals surface area contributed by atoms with Crippen LogP contribution in [0.1, 0.15) is 24.3 Å². The van der Waals surface area contributed by atoms with Crippen LogP contribution in [0.5, 0.6) is 0 Å². The molecule has 0 amide bonds. The molecule has 0 aromatic heterocycles. The summed E-state index contributed by atoms with van der Waals surface area (Å²) in [5.74, 6) is 0.159. The lowest BCUT2D eigenvalue weighted by atomic mass is 9.77. The molecule has 0 spiro atoms. The molecular formula is C10H11NO3. The Hall–Kier alpha value is -1.42. The highest BCUT2D eigenvalue weighted by molar-refractivity contribution is 5.43. The van der Waals surface area contributed by atoms with E-state index in [-0.39, 0.29) is 22.6 Å². The third-order valence-electron chi connectivity index (χ3n) is 2.69. The van der Waals surface area contributed by atoms with E-state index in [1.54, 1.807) is 18.2 Å². The van der Waals surface area contributed by atoms with Crippen LogP contribution in [0, 0.1) is 10.1 Å². The highest BCUT2D eigenvalue weighted by Crippen LogP contribution is 2.40. The van der Waals surface area contributed by atoms with Crippen molar-refractivity contribution in [2.75, 3.05) is 0 Å². The van der Waals surface area contributed by atoms with Crippen molar-refractivity contribution in [3.63, 3.8) is 0 Å². The molecule has 2 rings (SSSR count). The molecular weight excluding hydrogens is 182 g/mol. The summed E-state index contributed by atoms with van der Waals surface area (Å²) in [4.78, 5) is 10.3. The van der Waals surface area contributed by atoms with Crippen molar-refractivity contribution in [3.05, 3.63) is 39.9 Å². The van der Waals surface area contributed by atoms with Crippen molar-refractivity contribution in [1.82, 2.24) is 0 Å². The first-order valence-corrected chi connectivity index (χ1v) is 4.60. The van der Waals surface area contributed by atoms with E-state index in [0.717, 1.165) is 5.56 Å². The van der Waals surface area contributed by atoms with Crippen LogP contribution < -0.4 is 0 Å². The number of nitro benzene ring substituents is 1. The van der Waals surface area contributed by atoms with Gasteiger partial charge in [0.2, 0.25) is 0 Å². The van der Waals surface area contributed by atoms with Gasteiger partial charge in [-0.25, -0.2) is 0 Å². The van der Waals surface area contributed by atoms with Gasteiger partial charge in [-0.2, -0.15) is 0 Å². The SMILES string of the molecule is O=[N+]([O-])c1ccccc1C1CC(O)C1. The Morgan fingerprint density at radius 3 is 2.57 bits per heavy atom. The molecule has 1 aliphatic carbocycles. The fourth-order valence-corrected chi connectivity index (χ4v) is 1.84. The summed E-state index contributed by atoms with van der Waals surface area (Å²) in [5, 5.41) is 19.8. The number of benzene rings is 1. The minimum Gasteiger partial charge on any atom is -0.393 e. The molecule has 0 atom stereocenters. The normalized spacial score (nSPS) is 25.5. The van der Waals surface area contributed by atoms with Crippen molar-refractivity contribution in [2.45, 2.75) is 24.9 Å². The number of aliphatic hydroxyl groups is 1. The molecule has 1 N–H and O–H groups in total. The Labute approximate surface area is 81.3 Å². The first-order chi connectivity index (χ1) is 6.68. The molecule has 4 heteroatoms. The number of para-hydroxylation sites is 1. The fourth-order valence-electron chi connectivity index (χ4n) is 1.84. The van der Waals surface area contributed by atoms with Crippen molar-refractivity contribution in [3.8, 4) is 0 Å². The summed E-state index contributed by atoms with van der Waals surface area (Å²) in [6.45, 7) is 0. The fraction of sp³-hybridized carbons (Fsp3) is 0.400. The Morgan fingerprint density at radius 2 is 2.00 bits per heavy atom.